The Kier molecular flexibility index (Phi) is 3.98. The first-order valence-electron chi connectivity index (χ1n) is 4.49. The van der Waals surface area contributed by atoms with E-state index in [0.29, 0.717) is 18.7 Å². The summed E-state index contributed by atoms with van der Waals surface area (Å²) in [5, 5.41) is 2.75. The molecule has 0 fully saturated rings. The highest BCUT2D eigenvalue weighted by molar-refractivity contribution is 5.49. The maximum absolute atomic E-state index is 13.5. The molecule has 0 aliphatic heterocycles. The van der Waals surface area contributed by atoms with E-state index in [1.807, 2.05) is 0 Å². The van der Waals surface area contributed by atoms with Crippen LogP contribution >= 0.6 is 0 Å². The quantitative estimate of drug-likeness (QED) is 0.576. The lowest BCUT2D eigenvalue weighted by Gasteiger charge is -2.08. The van der Waals surface area contributed by atoms with Crippen LogP contribution in [0.4, 0.5) is 10.1 Å². The van der Waals surface area contributed by atoms with E-state index in [0.717, 1.165) is 0 Å². The van der Waals surface area contributed by atoms with Crippen LogP contribution in [0.15, 0.2) is 30.9 Å². The Morgan fingerprint density at radius 3 is 3.00 bits per heavy atom. The first-order valence-corrected chi connectivity index (χ1v) is 4.49. The molecule has 1 N–H and O–H groups in total. The van der Waals surface area contributed by atoms with E-state index in [-0.39, 0.29) is 11.6 Å². The van der Waals surface area contributed by atoms with E-state index in [4.69, 9.17) is 4.74 Å². The van der Waals surface area contributed by atoms with Gasteiger partial charge >= 0.3 is 0 Å². The summed E-state index contributed by atoms with van der Waals surface area (Å²) in [4.78, 5) is 0. The van der Waals surface area contributed by atoms with Crippen molar-refractivity contribution in [2.24, 2.45) is 0 Å². The topological polar surface area (TPSA) is 21.3 Å². The van der Waals surface area contributed by atoms with Gasteiger partial charge in [0.25, 0.3) is 0 Å². The van der Waals surface area contributed by atoms with E-state index < -0.39 is 0 Å². The summed E-state index contributed by atoms with van der Waals surface area (Å²) >= 11 is 0. The van der Waals surface area contributed by atoms with Gasteiger partial charge in [0.1, 0.15) is 0 Å². The molecule has 0 bridgehead atoms. The van der Waals surface area contributed by atoms with Gasteiger partial charge in [0.2, 0.25) is 0 Å². The fourth-order valence-electron chi connectivity index (χ4n) is 1.07. The molecular weight excluding hydrogens is 181 g/mol. The molecule has 0 unspecified atom stereocenters. The summed E-state index contributed by atoms with van der Waals surface area (Å²) in [6, 6.07) is 5.02. The van der Waals surface area contributed by atoms with Gasteiger partial charge in [-0.2, -0.15) is 0 Å². The second-order valence-electron chi connectivity index (χ2n) is 2.79. The molecule has 1 rings (SSSR count). The minimum atomic E-state index is -0.348. The zero-order valence-corrected chi connectivity index (χ0v) is 8.22. The summed E-state index contributed by atoms with van der Waals surface area (Å²) in [6.45, 7) is 4.01. The summed E-state index contributed by atoms with van der Waals surface area (Å²) in [6.07, 6.45) is 2.45. The SMILES string of the molecule is C=CCCOc1cccc(NC)c1F. The van der Waals surface area contributed by atoms with Crippen LogP contribution in [0.5, 0.6) is 5.75 Å². The molecule has 14 heavy (non-hydrogen) atoms. The minimum Gasteiger partial charge on any atom is -0.490 e. The third-order valence-electron chi connectivity index (χ3n) is 1.81. The van der Waals surface area contributed by atoms with Crippen molar-refractivity contribution in [1.29, 1.82) is 0 Å². The monoisotopic (exact) mass is 195 g/mol. The molecule has 0 radical (unpaired) electrons. The molecule has 76 valence electrons. The maximum Gasteiger partial charge on any atom is 0.188 e. The van der Waals surface area contributed by atoms with Crippen molar-refractivity contribution < 1.29 is 9.13 Å². The van der Waals surface area contributed by atoms with Crippen LogP contribution in [-0.4, -0.2) is 13.7 Å². The summed E-state index contributed by atoms with van der Waals surface area (Å²) in [5.74, 6) is -0.0715. The third kappa shape index (κ3) is 2.49. The number of nitrogens with one attached hydrogen (secondary N) is 1. The molecule has 3 heteroatoms. The van der Waals surface area contributed by atoms with Gasteiger partial charge in [0.15, 0.2) is 11.6 Å². The molecule has 0 atom stereocenters. The van der Waals surface area contributed by atoms with E-state index >= 15 is 0 Å². The van der Waals surface area contributed by atoms with Gasteiger partial charge in [-0.05, 0) is 18.6 Å². The van der Waals surface area contributed by atoms with Crippen molar-refractivity contribution in [2.75, 3.05) is 19.0 Å². The summed E-state index contributed by atoms with van der Waals surface area (Å²) < 4.78 is 18.7. The van der Waals surface area contributed by atoms with E-state index in [9.17, 15) is 4.39 Å². The Morgan fingerprint density at radius 2 is 2.36 bits per heavy atom. The van der Waals surface area contributed by atoms with Crippen molar-refractivity contribution in [1.82, 2.24) is 0 Å². The highest BCUT2D eigenvalue weighted by atomic mass is 19.1. The number of benzene rings is 1. The summed E-state index contributed by atoms with van der Waals surface area (Å²) in [7, 11) is 1.67. The molecule has 0 aliphatic rings. The molecular formula is C11H14FNO. The Bertz CT molecular complexity index is 312. The van der Waals surface area contributed by atoms with Gasteiger partial charge in [-0.25, -0.2) is 4.39 Å². The van der Waals surface area contributed by atoms with Gasteiger partial charge in [-0.3, -0.25) is 0 Å². The average molecular weight is 195 g/mol. The highest BCUT2D eigenvalue weighted by Gasteiger charge is 2.06. The fourth-order valence-corrected chi connectivity index (χ4v) is 1.07. The number of hydrogen-bond donors (Lipinski definition) is 1. The van der Waals surface area contributed by atoms with Gasteiger partial charge in [0, 0.05) is 7.05 Å². The van der Waals surface area contributed by atoms with Crippen molar-refractivity contribution in [2.45, 2.75) is 6.42 Å². The Hall–Kier alpha value is -1.51. The zero-order valence-electron chi connectivity index (χ0n) is 8.22. The van der Waals surface area contributed by atoms with Crippen LogP contribution in [0.25, 0.3) is 0 Å². The molecule has 0 aliphatic carbocycles. The van der Waals surface area contributed by atoms with Gasteiger partial charge in [-0.1, -0.05) is 12.1 Å². The molecule has 0 spiro atoms. The number of hydrogen-bond acceptors (Lipinski definition) is 2. The summed E-state index contributed by atoms with van der Waals surface area (Å²) in [5.41, 5.74) is 0.445. The fraction of sp³-hybridized carbons (Fsp3) is 0.273. The average Bonchev–Trinajstić information content (AvgIpc) is 2.21. The van der Waals surface area contributed by atoms with Crippen molar-refractivity contribution in [3.63, 3.8) is 0 Å². The zero-order chi connectivity index (χ0) is 10.4. The van der Waals surface area contributed by atoms with Gasteiger partial charge in [0.05, 0.1) is 12.3 Å². The second-order valence-corrected chi connectivity index (χ2v) is 2.79. The molecule has 0 saturated heterocycles. The van der Waals surface area contributed by atoms with Crippen LogP contribution in [0.3, 0.4) is 0 Å². The predicted octanol–water partition coefficient (Wildman–Crippen LogP) is 2.82. The van der Waals surface area contributed by atoms with Gasteiger partial charge < -0.3 is 10.1 Å². The van der Waals surface area contributed by atoms with E-state index in [1.54, 1.807) is 31.3 Å². The second kappa shape index (κ2) is 5.27. The van der Waals surface area contributed by atoms with E-state index in [2.05, 4.69) is 11.9 Å². The van der Waals surface area contributed by atoms with E-state index in [1.165, 1.54) is 0 Å². The Morgan fingerprint density at radius 1 is 1.57 bits per heavy atom. The minimum absolute atomic E-state index is 0.277. The molecule has 1 aromatic carbocycles. The van der Waals surface area contributed by atoms with Crippen LogP contribution in [0.2, 0.25) is 0 Å². The standard InChI is InChI=1S/C11H14FNO/c1-3-4-8-14-10-7-5-6-9(13-2)11(10)12/h3,5-7,13H,1,4,8H2,2H3. The van der Waals surface area contributed by atoms with Crippen LogP contribution in [0.1, 0.15) is 6.42 Å². The Labute approximate surface area is 83.4 Å². The lowest BCUT2D eigenvalue weighted by molar-refractivity contribution is 0.308. The highest BCUT2D eigenvalue weighted by Crippen LogP contribution is 2.23. The van der Waals surface area contributed by atoms with Crippen molar-refractivity contribution >= 4 is 5.69 Å². The lowest BCUT2D eigenvalue weighted by atomic mass is 10.3. The molecule has 0 aromatic heterocycles. The lowest BCUT2D eigenvalue weighted by Crippen LogP contribution is -2.00. The maximum atomic E-state index is 13.5. The van der Waals surface area contributed by atoms with Gasteiger partial charge in [-0.15, -0.1) is 6.58 Å². The largest absolute Gasteiger partial charge is 0.490 e. The first-order chi connectivity index (χ1) is 6.79. The van der Waals surface area contributed by atoms with Crippen LogP contribution < -0.4 is 10.1 Å². The number of ether oxygens (including phenoxy) is 1. The van der Waals surface area contributed by atoms with Crippen molar-refractivity contribution in [3.8, 4) is 5.75 Å². The van der Waals surface area contributed by atoms with Crippen LogP contribution in [-0.2, 0) is 0 Å². The first kappa shape index (κ1) is 10.6. The number of halogens is 1. The number of rotatable bonds is 5. The van der Waals surface area contributed by atoms with Crippen molar-refractivity contribution in [3.05, 3.63) is 36.7 Å². The molecule has 2 nitrogen and oxygen atoms in total. The molecule has 1 aromatic rings. The smallest absolute Gasteiger partial charge is 0.188 e. The number of anilines is 1. The molecule has 0 saturated carbocycles. The molecule has 0 heterocycles. The third-order valence-corrected chi connectivity index (χ3v) is 1.81. The van der Waals surface area contributed by atoms with Crippen LogP contribution in [0, 0.1) is 5.82 Å². The Balaban J connectivity index is 2.71. The predicted molar refractivity (Wildman–Crippen MR) is 56.3 cm³/mol. The molecule has 0 amide bonds. The normalized spacial score (nSPS) is 9.57.